The lowest BCUT2D eigenvalue weighted by molar-refractivity contribution is -0.116. The van der Waals surface area contributed by atoms with Crippen LogP contribution in [-0.4, -0.2) is 22.2 Å². The van der Waals surface area contributed by atoms with Gasteiger partial charge < -0.3 is 10.1 Å². The Hall–Kier alpha value is -3.65. The van der Waals surface area contributed by atoms with E-state index in [1.807, 2.05) is 13.0 Å². The summed E-state index contributed by atoms with van der Waals surface area (Å²) in [5.74, 6) is 0.227. The molecule has 0 atom stereocenters. The van der Waals surface area contributed by atoms with Crippen LogP contribution in [0.5, 0.6) is 5.75 Å². The molecule has 1 amide bonds. The van der Waals surface area contributed by atoms with Gasteiger partial charge in [0.05, 0.1) is 18.3 Å². The number of aryl methyl sites for hydroxylation is 1. The molecule has 4 rings (SSSR count). The number of hydrogen-bond donors (Lipinski definition) is 1. The number of hydrogen-bond acceptors (Lipinski definition) is 5. The van der Waals surface area contributed by atoms with Gasteiger partial charge in [0.2, 0.25) is 5.91 Å². The number of carbonyl (C=O) groups excluding carboxylic acids is 1. The molecule has 8 heteroatoms. The molecule has 0 bridgehead atoms. The number of aromatic nitrogens is 2. The van der Waals surface area contributed by atoms with Crippen LogP contribution < -0.4 is 21.3 Å². The molecule has 0 spiro atoms. The summed E-state index contributed by atoms with van der Waals surface area (Å²) in [4.78, 5) is 38.9. The predicted molar refractivity (Wildman–Crippen MR) is 118 cm³/mol. The van der Waals surface area contributed by atoms with Gasteiger partial charge in [-0.25, -0.2) is 9.36 Å². The number of amides is 1. The van der Waals surface area contributed by atoms with Gasteiger partial charge in [0.15, 0.2) is 0 Å². The lowest BCUT2D eigenvalue weighted by Crippen LogP contribution is -2.40. The van der Waals surface area contributed by atoms with Crippen LogP contribution in [0, 0.1) is 6.92 Å². The smallest absolute Gasteiger partial charge is 0.336 e. The summed E-state index contributed by atoms with van der Waals surface area (Å²) in [6.07, 6.45) is 0. The average Bonchev–Trinajstić information content (AvgIpc) is 3.22. The first kappa shape index (κ1) is 19.7. The number of benzene rings is 2. The minimum absolute atomic E-state index is 0.227. The zero-order valence-electron chi connectivity index (χ0n) is 16.4. The number of anilines is 1. The van der Waals surface area contributed by atoms with Crippen molar-refractivity contribution in [2.45, 2.75) is 13.5 Å². The van der Waals surface area contributed by atoms with Gasteiger partial charge in [0.1, 0.15) is 17.0 Å². The van der Waals surface area contributed by atoms with Crippen molar-refractivity contribution in [3.05, 3.63) is 86.4 Å². The molecule has 4 aromatic rings. The maximum absolute atomic E-state index is 13.2. The molecule has 0 aliphatic heterocycles. The summed E-state index contributed by atoms with van der Waals surface area (Å²) >= 11 is 1.24. The molecule has 2 heterocycles. The van der Waals surface area contributed by atoms with Crippen molar-refractivity contribution in [3.8, 4) is 11.4 Å². The molecule has 7 nitrogen and oxygen atoms in total. The van der Waals surface area contributed by atoms with Crippen LogP contribution in [0.1, 0.15) is 5.56 Å². The number of thiophene rings is 1. The van der Waals surface area contributed by atoms with Crippen molar-refractivity contribution >= 4 is 33.1 Å². The maximum atomic E-state index is 13.2. The van der Waals surface area contributed by atoms with Crippen LogP contribution in [0.2, 0.25) is 0 Å². The molecule has 1 N–H and O–H groups in total. The van der Waals surface area contributed by atoms with Gasteiger partial charge in [0, 0.05) is 11.8 Å². The van der Waals surface area contributed by atoms with Crippen molar-refractivity contribution in [1.29, 1.82) is 0 Å². The molecule has 152 valence electrons. The van der Waals surface area contributed by atoms with Crippen molar-refractivity contribution in [2.24, 2.45) is 0 Å². The Morgan fingerprint density at radius 1 is 1.10 bits per heavy atom. The minimum atomic E-state index is -0.558. The van der Waals surface area contributed by atoms with Crippen molar-refractivity contribution in [3.63, 3.8) is 0 Å². The first-order valence-electron chi connectivity index (χ1n) is 9.22. The molecule has 2 aromatic heterocycles. The van der Waals surface area contributed by atoms with E-state index in [4.69, 9.17) is 4.74 Å². The number of nitrogens with one attached hydrogen (secondary N) is 1. The van der Waals surface area contributed by atoms with Gasteiger partial charge in [-0.05, 0) is 48.2 Å². The first-order chi connectivity index (χ1) is 14.5. The van der Waals surface area contributed by atoms with Crippen LogP contribution in [-0.2, 0) is 11.3 Å². The molecule has 0 saturated heterocycles. The predicted octanol–water partition coefficient (Wildman–Crippen LogP) is 3.17. The highest BCUT2D eigenvalue weighted by atomic mass is 32.1. The van der Waals surface area contributed by atoms with E-state index in [9.17, 15) is 14.4 Å². The van der Waals surface area contributed by atoms with Gasteiger partial charge in [-0.15, -0.1) is 11.3 Å². The first-order valence-corrected chi connectivity index (χ1v) is 10.1. The zero-order valence-corrected chi connectivity index (χ0v) is 17.2. The second-order valence-electron chi connectivity index (χ2n) is 6.76. The third-order valence-electron chi connectivity index (χ3n) is 4.67. The average molecular weight is 421 g/mol. The fourth-order valence-corrected chi connectivity index (χ4v) is 4.10. The van der Waals surface area contributed by atoms with Crippen LogP contribution in [0.15, 0.2) is 69.6 Å². The second-order valence-corrected chi connectivity index (χ2v) is 7.68. The largest absolute Gasteiger partial charge is 0.497 e. The van der Waals surface area contributed by atoms with Crippen molar-refractivity contribution < 1.29 is 9.53 Å². The quantitative estimate of drug-likeness (QED) is 0.537. The Bertz CT molecular complexity index is 1370. The highest BCUT2D eigenvalue weighted by Crippen LogP contribution is 2.18. The standard InChI is InChI=1S/C22H19N3O4S/c1-14-5-3-7-16(11-14)25-21(27)20-18(9-10-30-20)24(22(25)28)13-19(26)23-15-6-4-8-17(12-15)29-2/h3-12H,13H2,1-2H3,(H,23,26). The van der Waals surface area contributed by atoms with Gasteiger partial charge in [-0.2, -0.15) is 0 Å². The third-order valence-corrected chi connectivity index (χ3v) is 5.56. The minimum Gasteiger partial charge on any atom is -0.497 e. The van der Waals surface area contributed by atoms with Crippen LogP contribution in [0.25, 0.3) is 15.9 Å². The van der Waals surface area contributed by atoms with E-state index in [-0.39, 0.29) is 18.0 Å². The number of rotatable bonds is 5. The van der Waals surface area contributed by atoms with Gasteiger partial charge in [-0.3, -0.25) is 14.2 Å². The Morgan fingerprint density at radius 3 is 2.67 bits per heavy atom. The molecule has 0 unspecified atom stereocenters. The van der Waals surface area contributed by atoms with Crippen LogP contribution in [0.4, 0.5) is 5.69 Å². The summed E-state index contributed by atoms with van der Waals surface area (Å²) in [6.45, 7) is 1.66. The van der Waals surface area contributed by atoms with Crippen LogP contribution in [0.3, 0.4) is 0 Å². The molecular weight excluding hydrogens is 402 g/mol. The Kier molecular flexibility index (Phi) is 5.24. The monoisotopic (exact) mass is 421 g/mol. The molecule has 0 aliphatic rings. The number of ether oxygens (including phenoxy) is 1. The van der Waals surface area contributed by atoms with E-state index in [1.54, 1.807) is 61.0 Å². The lowest BCUT2D eigenvalue weighted by atomic mass is 10.2. The Balaban J connectivity index is 1.77. The normalized spacial score (nSPS) is 10.9. The number of methoxy groups -OCH3 is 1. The van der Waals surface area contributed by atoms with Crippen LogP contribution >= 0.6 is 11.3 Å². The number of carbonyl (C=O) groups is 1. The van der Waals surface area contributed by atoms with Crippen molar-refractivity contribution in [2.75, 3.05) is 12.4 Å². The second kappa shape index (κ2) is 8.00. The van der Waals surface area contributed by atoms with E-state index in [2.05, 4.69) is 5.32 Å². The number of nitrogens with zero attached hydrogens (tertiary/aromatic N) is 2. The van der Waals surface area contributed by atoms with E-state index < -0.39 is 5.69 Å². The third kappa shape index (κ3) is 3.65. The highest BCUT2D eigenvalue weighted by molar-refractivity contribution is 7.17. The van der Waals surface area contributed by atoms with Gasteiger partial charge in [-0.1, -0.05) is 18.2 Å². The highest BCUT2D eigenvalue weighted by Gasteiger charge is 2.17. The fourth-order valence-electron chi connectivity index (χ4n) is 3.28. The summed E-state index contributed by atoms with van der Waals surface area (Å²) in [7, 11) is 1.54. The molecule has 2 aromatic carbocycles. The van der Waals surface area contributed by atoms with E-state index in [1.165, 1.54) is 15.9 Å². The summed E-state index contributed by atoms with van der Waals surface area (Å²) in [5, 5.41) is 4.51. The molecule has 30 heavy (non-hydrogen) atoms. The topological polar surface area (TPSA) is 82.3 Å². The summed E-state index contributed by atoms with van der Waals surface area (Å²) in [5.41, 5.74) is 1.45. The molecule has 0 aliphatic carbocycles. The summed E-state index contributed by atoms with van der Waals surface area (Å²) < 4.78 is 8.03. The van der Waals surface area contributed by atoms with E-state index in [0.29, 0.717) is 27.3 Å². The van der Waals surface area contributed by atoms with E-state index in [0.717, 1.165) is 10.1 Å². The van der Waals surface area contributed by atoms with Crippen molar-refractivity contribution in [1.82, 2.24) is 9.13 Å². The maximum Gasteiger partial charge on any atom is 0.336 e. The molecule has 0 radical (unpaired) electrons. The fraction of sp³-hybridized carbons (Fsp3) is 0.136. The molecule has 0 fully saturated rings. The Morgan fingerprint density at radius 2 is 1.90 bits per heavy atom. The SMILES string of the molecule is COc1cccc(NC(=O)Cn2c(=O)n(-c3cccc(C)c3)c(=O)c3sccc32)c1. The molecule has 0 saturated carbocycles. The summed E-state index contributed by atoms with van der Waals surface area (Å²) in [6, 6.07) is 15.8. The Labute approximate surface area is 175 Å². The van der Waals surface area contributed by atoms with E-state index >= 15 is 0 Å². The molecular formula is C22H19N3O4S. The lowest BCUT2D eigenvalue weighted by Gasteiger charge is -2.13. The zero-order chi connectivity index (χ0) is 21.3. The van der Waals surface area contributed by atoms with Gasteiger partial charge in [0.25, 0.3) is 5.56 Å². The number of fused-ring (bicyclic) bond motifs is 1. The van der Waals surface area contributed by atoms with Gasteiger partial charge >= 0.3 is 5.69 Å².